The van der Waals surface area contributed by atoms with Gasteiger partial charge in [0.1, 0.15) is 11.9 Å². The lowest BCUT2D eigenvalue weighted by molar-refractivity contribution is 0.317. The third-order valence-corrected chi connectivity index (χ3v) is 4.25. The standard InChI is InChI=1S/C18H14IN3O2/c1-2-24-16-9-11(8-13(19)17(16)23)7-12(10-20)18-21-14-5-3-4-6-15(14)22-18/h3-9,23H,2H2,1H3,(H,21,22). The lowest BCUT2D eigenvalue weighted by Crippen LogP contribution is -1.94. The van der Waals surface area contributed by atoms with Gasteiger partial charge >= 0.3 is 0 Å². The molecule has 0 unspecified atom stereocenters. The number of fused-ring (bicyclic) bond motifs is 1. The number of benzene rings is 2. The van der Waals surface area contributed by atoms with Crippen LogP contribution in [-0.4, -0.2) is 21.7 Å². The van der Waals surface area contributed by atoms with Crippen molar-refractivity contribution in [2.45, 2.75) is 6.92 Å². The largest absolute Gasteiger partial charge is 0.504 e. The van der Waals surface area contributed by atoms with Crippen LogP contribution in [0, 0.1) is 14.9 Å². The first-order valence-electron chi connectivity index (χ1n) is 7.34. The van der Waals surface area contributed by atoms with Crippen LogP contribution in [0.3, 0.4) is 0 Å². The number of nitrogens with zero attached hydrogens (tertiary/aromatic N) is 2. The lowest BCUT2D eigenvalue weighted by atomic mass is 10.1. The quantitative estimate of drug-likeness (QED) is 0.476. The summed E-state index contributed by atoms with van der Waals surface area (Å²) in [5, 5.41) is 19.5. The summed E-state index contributed by atoms with van der Waals surface area (Å²) in [6.07, 6.45) is 1.72. The lowest BCUT2D eigenvalue weighted by Gasteiger charge is -2.08. The summed E-state index contributed by atoms with van der Waals surface area (Å²) in [6.45, 7) is 2.30. The number of phenols is 1. The summed E-state index contributed by atoms with van der Waals surface area (Å²) < 4.78 is 6.10. The normalized spacial score (nSPS) is 11.5. The van der Waals surface area contributed by atoms with Crippen molar-refractivity contribution in [1.29, 1.82) is 5.26 Å². The maximum atomic E-state index is 10.0. The minimum absolute atomic E-state index is 0.108. The number of imidazole rings is 1. The van der Waals surface area contributed by atoms with E-state index >= 15 is 0 Å². The number of hydrogen-bond acceptors (Lipinski definition) is 4. The van der Waals surface area contributed by atoms with Crippen molar-refractivity contribution in [3.05, 3.63) is 51.4 Å². The van der Waals surface area contributed by atoms with Crippen LogP contribution in [0.2, 0.25) is 0 Å². The first-order chi connectivity index (χ1) is 11.6. The van der Waals surface area contributed by atoms with Gasteiger partial charge in [0.15, 0.2) is 11.5 Å². The van der Waals surface area contributed by atoms with Gasteiger partial charge in [0.05, 0.1) is 26.8 Å². The van der Waals surface area contributed by atoms with E-state index < -0.39 is 0 Å². The highest BCUT2D eigenvalue weighted by molar-refractivity contribution is 14.1. The first-order valence-corrected chi connectivity index (χ1v) is 8.42. The van der Waals surface area contributed by atoms with E-state index in [0.717, 1.165) is 16.6 Å². The molecule has 6 heteroatoms. The number of rotatable bonds is 4. The second-order valence-electron chi connectivity index (χ2n) is 5.05. The van der Waals surface area contributed by atoms with Gasteiger partial charge in [0.25, 0.3) is 0 Å². The number of nitrogens with one attached hydrogen (secondary N) is 1. The highest BCUT2D eigenvalue weighted by atomic mass is 127. The minimum atomic E-state index is 0.108. The smallest absolute Gasteiger partial charge is 0.171 e. The van der Waals surface area contributed by atoms with Crippen LogP contribution in [0.5, 0.6) is 11.5 Å². The molecule has 5 nitrogen and oxygen atoms in total. The molecule has 0 saturated heterocycles. The van der Waals surface area contributed by atoms with Crippen molar-refractivity contribution >= 4 is 45.3 Å². The van der Waals surface area contributed by atoms with Crippen molar-refractivity contribution in [1.82, 2.24) is 9.97 Å². The number of phenolic OH excluding ortho intramolecular Hbond substituents is 1. The topological polar surface area (TPSA) is 81.9 Å². The monoisotopic (exact) mass is 431 g/mol. The van der Waals surface area contributed by atoms with Gasteiger partial charge < -0.3 is 14.8 Å². The molecule has 2 N–H and O–H groups in total. The van der Waals surface area contributed by atoms with Crippen molar-refractivity contribution in [2.24, 2.45) is 0 Å². The van der Waals surface area contributed by atoms with Crippen molar-refractivity contribution in [3.63, 3.8) is 0 Å². The second-order valence-corrected chi connectivity index (χ2v) is 6.22. The number of ether oxygens (including phenoxy) is 1. The number of H-pyrrole nitrogens is 1. The summed E-state index contributed by atoms with van der Waals surface area (Å²) in [6, 6.07) is 13.3. The Morgan fingerprint density at radius 2 is 2.21 bits per heavy atom. The van der Waals surface area contributed by atoms with Crippen LogP contribution in [0.4, 0.5) is 0 Å². The SMILES string of the molecule is CCOc1cc(C=C(C#N)c2nc3ccccc3[nH]2)cc(I)c1O. The molecule has 0 saturated carbocycles. The molecule has 0 atom stereocenters. The van der Waals surface area contributed by atoms with E-state index in [4.69, 9.17) is 4.74 Å². The fraction of sp³-hybridized carbons (Fsp3) is 0.111. The van der Waals surface area contributed by atoms with Gasteiger partial charge in [-0.25, -0.2) is 4.98 Å². The molecule has 1 aromatic heterocycles. The van der Waals surface area contributed by atoms with E-state index in [1.165, 1.54) is 0 Å². The van der Waals surface area contributed by atoms with Crippen LogP contribution >= 0.6 is 22.6 Å². The predicted molar refractivity (Wildman–Crippen MR) is 102 cm³/mol. The van der Waals surface area contributed by atoms with Crippen LogP contribution in [0.1, 0.15) is 18.3 Å². The third-order valence-electron chi connectivity index (χ3n) is 3.43. The van der Waals surface area contributed by atoms with E-state index in [2.05, 4.69) is 16.0 Å². The Kier molecular flexibility index (Phi) is 4.71. The molecule has 24 heavy (non-hydrogen) atoms. The molecular weight excluding hydrogens is 417 g/mol. The Morgan fingerprint density at radius 3 is 2.92 bits per heavy atom. The summed E-state index contributed by atoms with van der Waals surface area (Å²) in [4.78, 5) is 7.60. The van der Waals surface area contributed by atoms with Gasteiger partial charge in [-0.2, -0.15) is 5.26 Å². The number of nitriles is 1. The molecule has 0 aliphatic rings. The molecule has 0 aliphatic carbocycles. The van der Waals surface area contributed by atoms with Crippen LogP contribution in [-0.2, 0) is 0 Å². The molecule has 0 bridgehead atoms. The van der Waals surface area contributed by atoms with Gasteiger partial charge in [-0.15, -0.1) is 0 Å². The number of aromatic amines is 1. The van der Waals surface area contributed by atoms with Crippen LogP contribution in [0.25, 0.3) is 22.7 Å². The molecule has 0 fully saturated rings. The van der Waals surface area contributed by atoms with E-state index in [1.54, 1.807) is 18.2 Å². The van der Waals surface area contributed by atoms with Crippen molar-refractivity contribution in [2.75, 3.05) is 6.61 Å². The Balaban J connectivity index is 2.06. The Labute approximate surface area is 152 Å². The average molecular weight is 431 g/mol. The zero-order valence-corrected chi connectivity index (χ0v) is 15.0. The fourth-order valence-corrected chi connectivity index (χ4v) is 2.97. The molecule has 0 spiro atoms. The van der Waals surface area contributed by atoms with Gasteiger partial charge in [0.2, 0.25) is 0 Å². The zero-order chi connectivity index (χ0) is 17.1. The molecular formula is C18H14IN3O2. The molecule has 2 aromatic carbocycles. The summed E-state index contributed by atoms with van der Waals surface area (Å²) in [5.41, 5.74) is 2.86. The maximum absolute atomic E-state index is 10.0. The van der Waals surface area contributed by atoms with Gasteiger partial charge in [-0.1, -0.05) is 12.1 Å². The Bertz CT molecular complexity index is 937. The number of aromatic hydroxyl groups is 1. The number of aromatic nitrogens is 2. The Morgan fingerprint density at radius 1 is 1.42 bits per heavy atom. The second kappa shape index (κ2) is 6.93. The molecule has 1 heterocycles. The van der Waals surface area contributed by atoms with Crippen LogP contribution < -0.4 is 4.74 Å². The molecule has 0 amide bonds. The summed E-state index contributed by atoms with van der Waals surface area (Å²) in [5.74, 6) is 1.02. The number of para-hydroxylation sites is 2. The first kappa shape index (κ1) is 16.3. The van der Waals surface area contributed by atoms with E-state index in [0.29, 0.717) is 27.3 Å². The van der Waals surface area contributed by atoms with Crippen molar-refractivity contribution in [3.8, 4) is 17.6 Å². The van der Waals surface area contributed by atoms with Gasteiger partial charge in [-0.3, -0.25) is 0 Å². The number of allylic oxidation sites excluding steroid dienone is 1. The van der Waals surface area contributed by atoms with Crippen LogP contribution in [0.15, 0.2) is 36.4 Å². The minimum Gasteiger partial charge on any atom is -0.504 e. The maximum Gasteiger partial charge on any atom is 0.171 e. The highest BCUT2D eigenvalue weighted by Crippen LogP contribution is 2.34. The van der Waals surface area contributed by atoms with Gasteiger partial charge in [-0.05, 0) is 65.4 Å². The molecule has 120 valence electrons. The molecule has 0 aliphatic heterocycles. The average Bonchev–Trinajstić information content (AvgIpc) is 3.01. The van der Waals surface area contributed by atoms with E-state index in [1.807, 2.05) is 53.8 Å². The predicted octanol–water partition coefficient (Wildman–Crippen LogP) is 4.34. The molecule has 3 aromatic rings. The van der Waals surface area contributed by atoms with Crippen molar-refractivity contribution < 1.29 is 9.84 Å². The number of halogens is 1. The fourth-order valence-electron chi connectivity index (χ4n) is 2.34. The molecule has 0 radical (unpaired) electrons. The van der Waals surface area contributed by atoms with Gasteiger partial charge in [0, 0.05) is 0 Å². The summed E-state index contributed by atoms with van der Waals surface area (Å²) >= 11 is 2.03. The van der Waals surface area contributed by atoms with E-state index in [9.17, 15) is 10.4 Å². The van der Waals surface area contributed by atoms with E-state index in [-0.39, 0.29) is 5.75 Å². The summed E-state index contributed by atoms with van der Waals surface area (Å²) in [7, 11) is 0. The highest BCUT2D eigenvalue weighted by Gasteiger charge is 2.11. The molecule has 3 rings (SSSR count). The Hall–Kier alpha value is -2.53. The number of hydrogen-bond donors (Lipinski definition) is 2. The zero-order valence-electron chi connectivity index (χ0n) is 12.9. The third kappa shape index (κ3) is 3.21.